The van der Waals surface area contributed by atoms with Gasteiger partial charge in [0, 0.05) is 6.54 Å². The van der Waals surface area contributed by atoms with E-state index in [0.717, 1.165) is 24.4 Å². The fourth-order valence-electron chi connectivity index (χ4n) is 1.88. The smallest absolute Gasteiger partial charge is 0.132 e. The molecule has 1 N–H and O–H groups in total. The fraction of sp³-hybridized carbons (Fsp3) is 0.467. The number of aliphatic hydroxyl groups is 1. The fourth-order valence-corrected chi connectivity index (χ4v) is 1.88. The van der Waals surface area contributed by atoms with Crippen LogP contribution in [-0.4, -0.2) is 20.1 Å². The first-order valence-electron chi connectivity index (χ1n) is 6.90. The Morgan fingerprint density at radius 1 is 1.25 bits per heavy atom. The average molecular weight is 275 g/mol. The molecule has 0 saturated heterocycles. The second kappa shape index (κ2) is 7.05. The maximum absolute atomic E-state index is 9.33. The summed E-state index contributed by atoms with van der Waals surface area (Å²) < 4.78 is 7.56. The van der Waals surface area contributed by atoms with Crippen molar-refractivity contribution in [1.29, 1.82) is 0 Å². The van der Waals surface area contributed by atoms with E-state index in [4.69, 9.17) is 4.74 Å². The molecule has 0 bridgehead atoms. The van der Waals surface area contributed by atoms with E-state index in [1.807, 2.05) is 35.0 Å². The number of ether oxygens (including phenoxy) is 1. The van der Waals surface area contributed by atoms with Gasteiger partial charge in [0.1, 0.15) is 23.7 Å². The van der Waals surface area contributed by atoms with E-state index in [-0.39, 0.29) is 6.61 Å². The van der Waals surface area contributed by atoms with Crippen LogP contribution in [0.4, 0.5) is 0 Å². The predicted molar refractivity (Wildman–Crippen MR) is 76.2 cm³/mol. The molecule has 1 heterocycles. The highest BCUT2D eigenvalue weighted by Gasteiger charge is 2.13. The van der Waals surface area contributed by atoms with Gasteiger partial charge in [-0.05, 0) is 24.5 Å². The molecule has 0 spiro atoms. The third-order valence-corrected chi connectivity index (χ3v) is 3.10. The Kier molecular flexibility index (Phi) is 5.12. The predicted octanol–water partition coefficient (Wildman–Crippen LogP) is 2.40. The van der Waals surface area contributed by atoms with Gasteiger partial charge in [-0.3, -0.25) is 0 Å². The molecule has 0 saturated carbocycles. The van der Waals surface area contributed by atoms with E-state index in [0.29, 0.717) is 18.2 Å². The molecule has 1 aromatic heterocycles. The molecule has 0 atom stereocenters. The standard InChI is InChI=1S/C15H21N3O2/c1-12(2)8-9-18-15(14(10-19)16-17-18)11-20-13-6-4-3-5-7-13/h3-7,12,19H,8-11H2,1-2H3. The summed E-state index contributed by atoms with van der Waals surface area (Å²) in [5.74, 6) is 1.40. The van der Waals surface area contributed by atoms with Crippen LogP contribution in [-0.2, 0) is 19.8 Å². The van der Waals surface area contributed by atoms with Gasteiger partial charge in [-0.2, -0.15) is 0 Å². The highest BCUT2D eigenvalue weighted by atomic mass is 16.5. The third-order valence-electron chi connectivity index (χ3n) is 3.10. The first-order valence-corrected chi connectivity index (χ1v) is 6.90. The van der Waals surface area contributed by atoms with Crippen molar-refractivity contribution in [1.82, 2.24) is 15.0 Å². The topological polar surface area (TPSA) is 60.2 Å². The molecule has 5 nitrogen and oxygen atoms in total. The summed E-state index contributed by atoms with van der Waals surface area (Å²) in [4.78, 5) is 0. The monoisotopic (exact) mass is 275 g/mol. The quantitative estimate of drug-likeness (QED) is 0.843. The van der Waals surface area contributed by atoms with Crippen LogP contribution in [0.5, 0.6) is 5.75 Å². The molecule has 20 heavy (non-hydrogen) atoms. The number of rotatable bonds is 7. The van der Waals surface area contributed by atoms with Crippen molar-refractivity contribution in [2.45, 2.75) is 40.0 Å². The molecule has 0 aliphatic heterocycles. The van der Waals surface area contributed by atoms with Gasteiger partial charge in [-0.25, -0.2) is 4.68 Å². The maximum Gasteiger partial charge on any atom is 0.132 e. The second-order valence-corrected chi connectivity index (χ2v) is 5.15. The lowest BCUT2D eigenvalue weighted by atomic mass is 10.1. The lowest BCUT2D eigenvalue weighted by Gasteiger charge is -2.10. The number of aromatic nitrogens is 3. The van der Waals surface area contributed by atoms with Crippen molar-refractivity contribution in [3.8, 4) is 5.75 Å². The maximum atomic E-state index is 9.33. The van der Waals surface area contributed by atoms with Gasteiger partial charge in [-0.15, -0.1) is 5.10 Å². The van der Waals surface area contributed by atoms with E-state index in [2.05, 4.69) is 24.2 Å². The highest BCUT2D eigenvalue weighted by Crippen LogP contribution is 2.14. The number of para-hydroxylation sites is 1. The molecule has 0 aliphatic rings. The number of hydrogen-bond acceptors (Lipinski definition) is 4. The number of nitrogens with zero attached hydrogens (tertiary/aromatic N) is 3. The van der Waals surface area contributed by atoms with Gasteiger partial charge in [0.05, 0.1) is 6.61 Å². The molecule has 108 valence electrons. The van der Waals surface area contributed by atoms with Crippen molar-refractivity contribution in [3.63, 3.8) is 0 Å². The van der Waals surface area contributed by atoms with Crippen molar-refractivity contribution in [2.24, 2.45) is 5.92 Å². The second-order valence-electron chi connectivity index (χ2n) is 5.15. The minimum absolute atomic E-state index is 0.116. The Morgan fingerprint density at radius 3 is 2.65 bits per heavy atom. The molecule has 0 fully saturated rings. The van der Waals surface area contributed by atoms with Crippen molar-refractivity contribution in [2.75, 3.05) is 0 Å². The Morgan fingerprint density at radius 2 is 2.00 bits per heavy atom. The molecule has 5 heteroatoms. The molecule has 0 aliphatic carbocycles. The molecule has 1 aromatic carbocycles. The van der Waals surface area contributed by atoms with Crippen LogP contribution < -0.4 is 4.74 Å². The zero-order valence-electron chi connectivity index (χ0n) is 12.0. The van der Waals surface area contributed by atoms with Crippen LogP contribution >= 0.6 is 0 Å². The van der Waals surface area contributed by atoms with E-state index >= 15 is 0 Å². The van der Waals surface area contributed by atoms with Crippen LogP contribution in [0.15, 0.2) is 30.3 Å². The Balaban J connectivity index is 2.06. The summed E-state index contributed by atoms with van der Waals surface area (Å²) in [5, 5.41) is 17.4. The van der Waals surface area contributed by atoms with Crippen molar-refractivity contribution in [3.05, 3.63) is 41.7 Å². The normalized spacial score (nSPS) is 11.0. The van der Waals surface area contributed by atoms with E-state index < -0.39 is 0 Å². The van der Waals surface area contributed by atoms with Gasteiger partial charge < -0.3 is 9.84 Å². The summed E-state index contributed by atoms with van der Waals surface area (Å²) in [7, 11) is 0. The summed E-state index contributed by atoms with van der Waals surface area (Å²) >= 11 is 0. The van der Waals surface area contributed by atoms with Gasteiger partial charge in [-0.1, -0.05) is 37.3 Å². The number of hydrogen-bond donors (Lipinski definition) is 1. The van der Waals surface area contributed by atoms with Crippen LogP contribution in [0, 0.1) is 5.92 Å². The largest absolute Gasteiger partial charge is 0.487 e. The molecule has 2 rings (SSSR count). The summed E-state index contributed by atoms with van der Waals surface area (Å²) in [6, 6.07) is 9.61. The van der Waals surface area contributed by atoms with Crippen LogP contribution in [0.3, 0.4) is 0 Å². The molecular formula is C15H21N3O2. The van der Waals surface area contributed by atoms with E-state index in [1.54, 1.807) is 0 Å². The average Bonchev–Trinajstić information content (AvgIpc) is 2.86. The van der Waals surface area contributed by atoms with Crippen LogP contribution in [0.2, 0.25) is 0 Å². The minimum Gasteiger partial charge on any atom is -0.487 e. The molecular weight excluding hydrogens is 254 g/mol. The summed E-state index contributed by atoms with van der Waals surface area (Å²) in [6.07, 6.45) is 1.02. The first-order chi connectivity index (χ1) is 9.70. The summed E-state index contributed by atoms with van der Waals surface area (Å²) in [5.41, 5.74) is 1.43. The van der Waals surface area contributed by atoms with Crippen molar-refractivity contribution >= 4 is 0 Å². The molecule has 0 radical (unpaired) electrons. The van der Waals surface area contributed by atoms with Crippen molar-refractivity contribution < 1.29 is 9.84 Å². The first kappa shape index (κ1) is 14.5. The van der Waals surface area contributed by atoms with Gasteiger partial charge in [0.25, 0.3) is 0 Å². The molecule has 0 amide bonds. The van der Waals surface area contributed by atoms with Crippen LogP contribution in [0.1, 0.15) is 31.7 Å². The van der Waals surface area contributed by atoms with Gasteiger partial charge >= 0.3 is 0 Å². The number of aryl methyl sites for hydroxylation is 1. The molecule has 2 aromatic rings. The Bertz CT molecular complexity index is 523. The zero-order valence-corrected chi connectivity index (χ0v) is 12.0. The number of benzene rings is 1. The minimum atomic E-state index is -0.116. The van der Waals surface area contributed by atoms with Gasteiger partial charge in [0.15, 0.2) is 0 Å². The van der Waals surface area contributed by atoms with E-state index in [1.165, 1.54) is 0 Å². The SMILES string of the molecule is CC(C)CCn1nnc(CO)c1COc1ccccc1. The van der Waals surface area contributed by atoms with Crippen LogP contribution in [0.25, 0.3) is 0 Å². The summed E-state index contributed by atoms with van der Waals surface area (Å²) in [6.45, 7) is 5.38. The lowest BCUT2D eigenvalue weighted by Crippen LogP contribution is -2.11. The van der Waals surface area contributed by atoms with Gasteiger partial charge in [0.2, 0.25) is 0 Å². The van der Waals surface area contributed by atoms with E-state index in [9.17, 15) is 5.11 Å². The lowest BCUT2D eigenvalue weighted by molar-refractivity contribution is 0.261. The third kappa shape index (κ3) is 3.81. The Hall–Kier alpha value is -1.88. The molecule has 0 unspecified atom stereocenters. The Labute approximate surface area is 119 Å². The highest BCUT2D eigenvalue weighted by molar-refractivity contribution is 5.21. The zero-order chi connectivity index (χ0) is 14.4. The number of aliphatic hydroxyl groups excluding tert-OH is 1.